The van der Waals surface area contributed by atoms with E-state index < -0.39 is 17.4 Å². The van der Waals surface area contributed by atoms with Gasteiger partial charge < -0.3 is 9.84 Å². The van der Waals surface area contributed by atoms with Crippen LogP contribution in [0.4, 0.5) is 0 Å². The molecule has 0 fully saturated rings. The maximum atomic E-state index is 11.0. The number of carbonyl (C=O) groups excluding carboxylic acids is 1. The molecule has 0 amide bonds. The Balaban J connectivity index is 3.18. The van der Waals surface area contributed by atoms with Gasteiger partial charge >= 0.3 is 5.97 Å². The SMILES string of the molecule is COC(=O)C(N=O)=C(O)c1ccccc1. The molecule has 1 N–H and O–H groups in total. The van der Waals surface area contributed by atoms with Gasteiger partial charge in [-0.2, -0.15) is 0 Å². The van der Waals surface area contributed by atoms with Crippen LogP contribution in [-0.4, -0.2) is 18.2 Å². The van der Waals surface area contributed by atoms with Crippen molar-refractivity contribution in [1.82, 2.24) is 0 Å². The maximum Gasteiger partial charge on any atom is 0.364 e. The van der Waals surface area contributed by atoms with Crippen molar-refractivity contribution in [2.75, 3.05) is 7.11 Å². The van der Waals surface area contributed by atoms with Gasteiger partial charge in [-0.3, -0.25) is 0 Å². The van der Waals surface area contributed by atoms with E-state index in [2.05, 4.69) is 9.91 Å². The molecule has 1 rings (SSSR count). The Morgan fingerprint density at radius 1 is 1.33 bits per heavy atom. The van der Waals surface area contributed by atoms with Crippen molar-refractivity contribution in [2.45, 2.75) is 0 Å². The third kappa shape index (κ3) is 2.40. The molecular formula is C10H9NO4. The summed E-state index contributed by atoms with van der Waals surface area (Å²) in [4.78, 5) is 21.4. The highest BCUT2D eigenvalue weighted by molar-refractivity contribution is 5.95. The van der Waals surface area contributed by atoms with Crippen molar-refractivity contribution in [3.63, 3.8) is 0 Å². The molecule has 0 saturated heterocycles. The van der Waals surface area contributed by atoms with Crippen molar-refractivity contribution < 1.29 is 14.6 Å². The van der Waals surface area contributed by atoms with Gasteiger partial charge in [-0.15, -0.1) is 4.91 Å². The summed E-state index contributed by atoms with van der Waals surface area (Å²) in [7, 11) is 1.10. The summed E-state index contributed by atoms with van der Waals surface area (Å²) in [6.45, 7) is 0. The van der Waals surface area contributed by atoms with Crippen molar-refractivity contribution >= 4 is 11.7 Å². The summed E-state index contributed by atoms with van der Waals surface area (Å²) in [6.07, 6.45) is 0. The number of esters is 1. The number of hydrogen-bond acceptors (Lipinski definition) is 5. The third-order valence-corrected chi connectivity index (χ3v) is 1.74. The Labute approximate surface area is 86.0 Å². The first-order valence-electron chi connectivity index (χ1n) is 4.11. The van der Waals surface area contributed by atoms with Crippen LogP contribution in [0.15, 0.2) is 41.2 Å². The maximum absolute atomic E-state index is 11.0. The average molecular weight is 207 g/mol. The van der Waals surface area contributed by atoms with Gasteiger partial charge in [-0.1, -0.05) is 30.3 Å². The average Bonchev–Trinajstić information content (AvgIpc) is 2.30. The molecule has 0 spiro atoms. The molecule has 0 atom stereocenters. The van der Waals surface area contributed by atoms with Gasteiger partial charge in [0.2, 0.25) is 5.70 Å². The van der Waals surface area contributed by atoms with Gasteiger partial charge in [-0.25, -0.2) is 4.79 Å². The largest absolute Gasteiger partial charge is 0.505 e. The standard InChI is InChI=1S/C10H9NO4/c1-15-10(13)8(11-14)9(12)7-5-3-2-4-6-7/h2-6,12H,1H3. The molecule has 0 bridgehead atoms. The summed E-state index contributed by atoms with van der Waals surface area (Å²) in [5.74, 6) is -1.45. The molecule has 0 radical (unpaired) electrons. The highest BCUT2D eigenvalue weighted by Crippen LogP contribution is 2.17. The smallest absolute Gasteiger partial charge is 0.364 e. The lowest BCUT2D eigenvalue weighted by molar-refractivity contribution is -0.136. The number of ether oxygens (including phenoxy) is 1. The molecule has 0 aliphatic carbocycles. The van der Waals surface area contributed by atoms with Crippen LogP contribution in [-0.2, 0) is 9.53 Å². The second-order valence-electron chi connectivity index (χ2n) is 2.65. The van der Waals surface area contributed by atoms with Crippen molar-refractivity contribution in [3.05, 3.63) is 46.5 Å². The molecular weight excluding hydrogens is 198 g/mol. The Morgan fingerprint density at radius 3 is 2.40 bits per heavy atom. The molecule has 1 aromatic carbocycles. The zero-order chi connectivity index (χ0) is 11.3. The van der Waals surface area contributed by atoms with Crippen LogP contribution in [0.3, 0.4) is 0 Å². The fraction of sp³-hybridized carbons (Fsp3) is 0.100. The lowest BCUT2D eigenvalue weighted by Crippen LogP contribution is -2.05. The first-order chi connectivity index (χ1) is 7.20. The number of benzene rings is 1. The first-order valence-corrected chi connectivity index (χ1v) is 4.11. The molecule has 78 valence electrons. The summed E-state index contributed by atoms with van der Waals surface area (Å²) in [6, 6.07) is 8.15. The van der Waals surface area contributed by atoms with Crippen LogP contribution in [0.25, 0.3) is 5.76 Å². The molecule has 0 heterocycles. The summed E-state index contributed by atoms with van der Waals surface area (Å²) >= 11 is 0. The van der Waals surface area contributed by atoms with Crippen LogP contribution in [0.5, 0.6) is 0 Å². The van der Waals surface area contributed by atoms with Gasteiger partial charge in [0, 0.05) is 5.56 Å². The number of aliphatic hydroxyl groups excluding tert-OH is 1. The molecule has 0 saturated carbocycles. The van der Waals surface area contributed by atoms with E-state index in [-0.39, 0.29) is 0 Å². The fourth-order valence-corrected chi connectivity index (χ4v) is 1.01. The molecule has 5 heteroatoms. The number of carbonyl (C=O) groups is 1. The Hall–Kier alpha value is -2.17. The predicted molar refractivity (Wildman–Crippen MR) is 53.8 cm³/mol. The van der Waals surface area contributed by atoms with Gasteiger partial charge in [-0.05, 0) is 5.18 Å². The van der Waals surface area contributed by atoms with Gasteiger partial charge in [0.15, 0.2) is 5.76 Å². The fourth-order valence-electron chi connectivity index (χ4n) is 1.01. The van der Waals surface area contributed by atoms with Crippen LogP contribution >= 0.6 is 0 Å². The van der Waals surface area contributed by atoms with Crippen molar-refractivity contribution in [3.8, 4) is 0 Å². The monoisotopic (exact) mass is 207 g/mol. The van der Waals surface area contributed by atoms with Crippen molar-refractivity contribution in [2.24, 2.45) is 5.18 Å². The van der Waals surface area contributed by atoms with E-state index in [0.29, 0.717) is 5.56 Å². The van der Waals surface area contributed by atoms with Crippen LogP contribution in [0, 0.1) is 4.91 Å². The molecule has 5 nitrogen and oxygen atoms in total. The van der Waals surface area contributed by atoms with E-state index in [0.717, 1.165) is 7.11 Å². The van der Waals surface area contributed by atoms with Gasteiger partial charge in [0.1, 0.15) is 0 Å². The third-order valence-electron chi connectivity index (χ3n) is 1.74. The van der Waals surface area contributed by atoms with E-state index in [4.69, 9.17) is 0 Å². The van der Waals surface area contributed by atoms with E-state index in [1.807, 2.05) is 0 Å². The second-order valence-corrected chi connectivity index (χ2v) is 2.65. The highest BCUT2D eigenvalue weighted by atomic mass is 16.5. The molecule has 0 aliphatic rings. The molecule has 0 aliphatic heterocycles. The Morgan fingerprint density at radius 2 is 1.93 bits per heavy atom. The number of methoxy groups -OCH3 is 1. The lowest BCUT2D eigenvalue weighted by atomic mass is 10.1. The predicted octanol–water partition coefficient (Wildman–Crippen LogP) is 1.85. The quantitative estimate of drug-likeness (QED) is 0.355. The topological polar surface area (TPSA) is 76.0 Å². The summed E-state index contributed by atoms with van der Waals surface area (Å²) in [5.41, 5.74) is -0.304. The van der Waals surface area contributed by atoms with Crippen LogP contribution < -0.4 is 0 Å². The molecule has 1 aromatic rings. The van der Waals surface area contributed by atoms with Crippen LogP contribution in [0.1, 0.15) is 5.56 Å². The second kappa shape index (κ2) is 4.90. The number of nitroso groups, excluding NO2 is 1. The minimum absolute atomic E-state index is 0.331. The van der Waals surface area contributed by atoms with Gasteiger partial charge in [0.25, 0.3) is 0 Å². The summed E-state index contributed by atoms with van der Waals surface area (Å²) < 4.78 is 4.30. The van der Waals surface area contributed by atoms with E-state index in [1.54, 1.807) is 30.3 Å². The summed E-state index contributed by atoms with van der Waals surface area (Å²) in [5, 5.41) is 12.0. The lowest BCUT2D eigenvalue weighted by Gasteiger charge is -2.01. The number of rotatable bonds is 3. The van der Waals surface area contributed by atoms with E-state index in [9.17, 15) is 14.8 Å². The minimum atomic E-state index is -0.966. The Bertz CT molecular complexity index is 397. The van der Waals surface area contributed by atoms with E-state index in [1.165, 1.54) is 0 Å². The van der Waals surface area contributed by atoms with Gasteiger partial charge in [0.05, 0.1) is 7.11 Å². The number of nitrogens with zero attached hydrogens (tertiary/aromatic N) is 1. The molecule has 15 heavy (non-hydrogen) atoms. The highest BCUT2D eigenvalue weighted by Gasteiger charge is 2.17. The van der Waals surface area contributed by atoms with Crippen LogP contribution in [0.2, 0.25) is 0 Å². The zero-order valence-electron chi connectivity index (χ0n) is 8.01. The minimum Gasteiger partial charge on any atom is -0.505 e. The first kappa shape index (κ1) is 10.9. The van der Waals surface area contributed by atoms with Crippen molar-refractivity contribution in [1.29, 1.82) is 0 Å². The molecule has 0 unspecified atom stereocenters. The zero-order valence-corrected chi connectivity index (χ0v) is 8.01. The number of hydrogen-bond donors (Lipinski definition) is 1. The normalized spacial score (nSPS) is 11.5. The number of aliphatic hydroxyl groups is 1. The van der Waals surface area contributed by atoms with E-state index >= 15 is 0 Å². The molecule has 0 aromatic heterocycles. The Kier molecular flexibility index (Phi) is 3.56.